The van der Waals surface area contributed by atoms with Crippen LogP contribution < -0.4 is 10.6 Å². The van der Waals surface area contributed by atoms with Crippen LogP contribution in [0.4, 0.5) is 10.5 Å². The Morgan fingerprint density at radius 2 is 1.63 bits per heavy atom. The SMILES string of the molecule is O=C(CN1C(=O)NC2(CCC2)C1=O)Nc1ccc(S(=O)(=O)N2CCCCCC2)cc1. The van der Waals surface area contributed by atoms with Gasteiger partial charge in [0.05, 0.1) is 4.90 Å². The number of amides is 4. The van der Waals surface area contributed by atoms with E-state index in [1.807, 2.05) is 0 Å². The Morgan fingerprint density at radius 1 is 1.00 bits per heavy atom. The number of anilines is 1. The molecule has 3 fully saturated rings. The van der Waals surface area contributed by atoms with Crippen molar-refractivity contribution in [2.75, 3.05) is 25.0 Å². The number of benzene rings is 1. The highest BCUT2D eigenvalue weighted by Crippen LogP contribution is 2.37. The van der Waals surface area contributed by atoms with Crippen LogP contribution in [0, 0.1) is 0 Å². The summed E-state index contributed by atoms with van der Waals surface area (Å²) in [6, 6.07) is 5.41. The van der Waals surface area contributed by atoms with Crippen molar-refractivity contribution in [1.29, 1.82) is 0 Å². The molecule has 2 saturated heterocycles. The minimum absolute atomic E-state index is 0.184. The normalized spacial score (nSPS) is 21.8. The third kappa shape index (κ3) is 3.81. The molecule has 10 heteroatoms. The van der Waals surface area contributed by atoms with E-state index in [2.05, 4.69) is 10.6 Å². The first-order valence-electron chi connectivity index (χ1n) is 10.4. The van der Waals surface area contributed by atoms with Gasteiger partial charge in [0.15, 0.2) is 0 Å². The Labute approximate surface area is 175 Å². The highest BCUT2D eigenvalue weighted by molar-refractivity contribution is 7.89. The van der Waals surface area contributed by atoms with Gasteiger partial charge < -0.3 is 10.6 Å². The quantitative estimate of drug-likeness (QED) is 0.684. The number of urea groups is 1. The number of hydrogen-bond acceptors (Lipinski definition) is 5. The molecule has 30 heavy (non-hydrogen) atoms. The van der Waals surface area contributed by atoms with Crippen LogP contribution in [0.3, 0.4) is 0 Å². The predicted molar refractivity (Wildman–Crippen MR) is 109 cm³/mol. The van der Waals surface area contributed by atoms with E-state index in [0.717, 1.165) is 37.0 Å². The van der Waals surface area contributed by atoms with Gasteiger partial charge in [-0.3, -0.25) is 14.5 Å². The smallest absolute Gasteiger partial charge is 0.325 e. The summed E-state index contributed by atoms with van der Waals surface area (Å²) >= 11 is 0. The highest BCUT2D eigenvalue weighted by Gasteiger charge is 2.54. The van der Waals surface area contributed by atoms with Gasteiger partial charge in [-0.2, -0.15) is 4.31 Å². The second-order valence-corrected chi connectivity index (χ2v) is 10.1. The Kier molecular flexibility index (Phi) is 5.54. The summed E-state index contributed by atoms with van der Waals surface area (Å²) in [4.78, 5) is 37.9. The van der Waals surface area contributed by atoms with Crippen molar-refractivity contribution in [2.24, 2.45) is 0 Å². The van der Waals surface area contributed by atoms with Gasteiger partial charge in [0.2, 0.25) is 15.9 Å². The number of sulfonamides is 1. The van der Waals surface area contributed by atoms with Crippen LogP contribution >= 0.6 is 0 Å². The van der Waals surface area contributed by atoms with Crippen molar-refractivity contribution in [3.8, 4) is 0 Å². The lowest BCUT2D eigenvalue weighted by atomic mass is 9.77. The van der Waals surface area contributed by atoms with Gasteiger partial charge in [0, 0.05) is 18.8 Å². The molecular formula is C20H26N4O5S. The first-order chi connectivity index (χ1) is 14.3. The zero-order chi connectivity index (χ0) is 21.4. The second-order valence-electron chi connectivity index (χ2n) is 8.15. The molecule has 1 saturated carbocycles. The van der Waals surface area contributed by atoms with Crippen LogP contribution in [-0.2, 0) is 19.6 Å². The number of carbonyl (C=O) groups is 3. The van der Waals surface area contributed by atoms with Crippen LogP contribution in [-0.4, -0.2) is 60.6 Å². The molecule has 9 nitrogen and oxygen atoms in total. The average Bonchev–Trinajstić information content (AvgIpc) is 2.87. The van der Waals surface area contributed by atoms with Gasteiger partial charge in [0.25, 0.3) is 5.91 Å². The number of hydrogen-bond donors (Lipinski definition) is 2. The van der Waals surface area contributed by atoms with Gasteiger partial charge in [-0.1, -0.05) is 12.8 Å². The lowest BCUT2D eigenvalue weighted by molar-refractivity contribution is -0.136. The van der Waals surface area contributed by atoms with E-state index >= 15 is 0 Å². The topological polar surface area (TPSA) is 116 Å². The van der Waals surface area contributed by atoms with Crippen molar-refractivity contribution in [2.45, 2.75) is 55.4 Å². The average molecular weight is 435 g/mol. The molecule has 1 aromatic rings. The molecule has 3 aliphatic rings. The summed E-state index contributed by atoms with van der Waals surface area (Å²) in [6.07, 6.45) is 5.87. The summed E-state index contributed by atoms with van der Waals surface area (Å²) in [7, 11) is -3.56. The van der Waals surface area contributed by atoms with E-state index in [9.17, 15) is 22.8 Å². The van der Waals surface area contributed by atoms with Crippen LogP contribution in [0.15, 0.2) is 29.2 Å². The van der Waals surface area contributed by atoms with E-state index in [1.54, 1.807) is 0 Å². The number of carbonyl (C=O) groups excluding carboxylic acids is 3. The summed E-state index contributed by atoms with van der Waals surface area (Å²) in [5, 5.41) is 5.30. The predicted octanol–water partition coefficient (Wildman–Crippen LogP) is 1.66. The van der Waals surface area contributed by atoms with E-state index in [0.29, 0.717) is 31.6 Å². The fraction of sp³-hybridized carbons (Fsp3) is 0.550. The third-order valence-electron chi connectivity index (χ3n) is 6.10. The molecule has 0 unspecified atom stereocenters. The molecule has 4 rings (SSSR count). The largest absolute Gasteiger partial charge is 0.325 e. The Hall–Kier alpha value is -2.46. The van der Waals surface area contributed by atoms with Gasteiger partial charge >= 0.3 is 6.03 Å². The number of imide groups is 1. The maximum atomic E-state index is 12.8. The van der Waals surface area contributed by atoms with Crippen LogP contribution in [0.25, 0.3) is 0 Å². The molecular weight excluding hydrogens is 408 g/mol. The standard InChI is InChI=1S/C20H26N4O5S/c25-17(14-24-18(26)20(10-5-11-20)22-19(24)27)21-15-6-8-16(9-7-15)30(28,29)23-12-3-1-2-4-13-23/h6-9H,1-5,10-14H2,(H,21,25)(H,22,27). The molecule has 2 aliphatic heterocycles. The van der Waals surface area contributed by atoms with Crippen LogP contribution in [0.5, 0.6) is 0 Å². The Morgan fingerprint density at radius 3 is 2.17 bits per heavy atom. The lowest BCUT2D eigenvalue weighted by Crippen LogP contribution is -2.52. The zero-order valence-corrected chi connectivity index (χ0v) is 17.5. The molecule has 4 amide bonds. The van der Waals surface area contributed by atoms with Crippen LogP contribution in [0.1, 0.15) is 44.9 Å². The third-order valence-corrected chi connectivity index (χ3v) is 8.01. The van der Waals surface area contributed by atoms with Crippen molar-refractivity contribution < 1.29 is 22.8 Å². The Balaban J connectivity index is 1.38. The van der Waals surface area contributed by atoms with Gasteiger partial charge in [0.1, 0.15) is 12.1 Å². The molecule has 2 N–H and O–H groups in total. The van der Waals surface area contributed by atoms with Gasteiger partial charge in [-0.05, 0) is 56.4 Å². The number of rotatable bonds is 5. The molecule has 0 bridgehead atoms. The molecule has 1 aromatic carbocycles. The van der Waals surface area contributed by atoms with Crippen molar-refractivity contribution in [3.63, 3.8) is 0 Å². The second kappa shape index (κ2) is 7.99. The minimum Gasteiger partial charge on any atom is -0.325 e. The molecule has 0 atom stereocenters. The first-order valence-corrected chi connectivity index (χ1v) is 11.8. The van der Waals surface area contributed by atoms with Gasteiger partial charge in [-0.15, -0.1) is 0 Å². The maximum Gasteiger partial charge on any atom is 0.325 e. The van der Waals surface area contributed by atoms with E-state index in [4.69, 9.17) is 0 Å². The first kappa shape index (κ1) is 20.8. The zero-order valence-electron chi connectivity index (χ0n) is 16.7. The molecule has 0 radical (unpaired) electrons. The summed E-state index contributed by atoms with van der Waals surface area (Å²) in [5.41, 5.74) is -0.416. The van der Waals surface area contributed by atoms with Crippen molar-refractivity contribution >= 4 is 33.6 Å². The fourth-order valence-corrected chi connectivity index (χ4v) is 5.69. The molecule has 1 aliphatic carbocycles. The summed E-state index contributed by atoms with van der Waals surface area (Å²) in [6.45, 7) is 0.669. The molecule has 0 aromatic heterocycles. The number of nitrogens with one attached hydrogen (secondary N) is 2. The number of nitrogens with zero attached hydrogens (tertiary/aromatic N) is 2. The van der Waals surface area contributed by atoms with Crippen molar-refractivity contribution in [1.82, 2.24) is 14.5 Å². The van der Waals surface area contributed by atoms with E-state index < -0.39 is 27.5 Å². The minimum atomic E-state index is -3.56. The molecule has 162 valence electrons. The maximum absolute atomic E-state index is 12.8. The van der Waals surface area contributed by atoms with E-state index in [1.165, 1.54) is 28.6 Å². The highest BCUT2D eigenvalue weighted by atomic mass is 32.2. The van der Waals surface area contributed by atoms with Crippen LogP contribution in [0.2, 0.25) is 0 Å². The molecule has 2 heterocycles. The fourth-order valence-electron chi connectivity index (χ4n) is 4.17. The Bertz CT molecular complexity index is 948. The monoisotopic (exact) mass is 434 g/mol. The molecule has 1 spiro atoms. The summed E-state index contributed by atoms with van der Waals surface area (Å²) in [5.74, 6) is -0.870. The van der Waals surface area contributed by atoms with E-state index in [-0.39, 0.29) is 17.3 Å². The lowest BCUT2D eigenvalue weighted by Gasteiger charge is -2.34. The van der Waals surface area contributed by atoms with Gasteiger partial charge in [-0.25, -0.2) is 13.2 Å². The summed E-state index contributed by atoms with van der Waals surface area (Å²) < 4.78 is 27.2. The van der Waals surface area contributed by atoms with Crippen molar-refractivity contribution in [3.05, 3.63) is 24.3 Å².